The molecule has 0 fully saturated rings. The van der Waals surface area contributed by atoms with Gasteiger partial charge < -0.3 is 14.7 Å². The van der Waals surface area contributed by atoms with E-state index in [1.807, 2.05) is 0 Å². The molecule has 0 saturated heterocycles. The van der Waals surface area contributed by atoms with Crippen LogP contribution in [-0.4, -0.2) is 47.8 Å². The summed E-state index contributed by atoms with van der Waals surface area (Å²) in [6.45, 7) is 0.344. The van der Waals surface area contributed by atoms with Crippen LogP contribution in [0.4, 0.5) is 0 Å². The molecule has 0 atom stereocenters. The van der Waals surface area contributed by atoms with Crippen molar-refractivity contribution in [2.24, 2.45) is 4.99 Å². The minimum absolute atomic E-state index is 0.158. The zero-order valence-electron chi connectivity index (χ0n) is 11.3. The molecular weight excluding hydrogens is 315 g/mol. The molecule has 0 aromatic carbocycles. The summed E-state index contributed by atoms with van der Waals surface area (Å²) in [6, 6.07) is 0. The van der Waals surface area contributed by atoms with Gasteiger partial charge in [0, 0.05) is 28.9 Å². The summed E-state index contributed by atoms with van der Waals surface area (Å²) in [5, 5.41) is 9.11. The van der Waals surface area contributed by atoms with Gasteiger partial charge in [-0.05, 0) is 12.2 Å². The van der Waals surface area contributed by atoms with E-state index in [1.165, 1.54) is 35.7 Å². The fraction of sp³-hybridized carbons (Fsp3) is 0.286. The number of aliphatic hydroxyl groups is 1. The van der Waals surface area contributed by atoms with Crippen LogP contribution in [0.1, 0.15) is 0 Å². The van der Waals surface area contributed by atoms with Crippen molar-refractivity contribution < 1.29 is 14.6 Å². The summed E-state index contributed by atoms with van der Waals surface area (Å²) in [6.07, 6.45) is 10.7. The minimum atomic E-state index is -0.342. The average molecular weight is 331 g/mol. The van der Waals surface area contributed by atoms with Crippen LogP contribution in [0.5, 0.6) is 0 Å². The number of amides is 1. The second-order valence-corrected chi connectivity index (χ2v) is 4.65. The Morgan fingerprint density at radius 1 is 1.52 bits per heavy atom. The molecule has 1 heterocycles. The topological polar surface area (TPSA) is 62.1 Å². The van der Waals surface area contributed by atoms with Crippen molar-refractivity contribution in [3.8, 4) is 0 Å². The summed E-state index contributed by atoms with van der Waals surface area (Å²) < 4.78 is 5.18. The molecule has 1 aliphatic heterocycles. The molecule has 0 radical (unpaired) electrons. The van der Waals surface area contributed by atoms with Crippen LogP contribution in [0.15, 0.2) is 52.5 Å². The second kappa shape index (κ2) is 10.2. The van der Waals surface area contributed by atoms with Crippen LogP contribution >= 0.6 is 23.2 Å². The number of halogens is 2. The van der Waals surface area contributed by atoms with Crippen molar-refractivity contribution in [3.05, 3.63) is 47.5 Å². The first kappa shape index (κ1) is 17.5. The van der Waals surface area contributed by atoms with Gasteiger partial charge in [0.15, 0.2) is 0 Å². The Bertz CT molecular complexity index is 496. The van der Waals surface area contributed by atoms with Crippen LogP contribution in [0.3, 0.4) is 0 Å². The molecule has 1 amide bonds. The van der Waals surface area contributed by atoms with Gasteiger partial charge >= 0.3 is 0 Å². The summed E-state index contributed by atoms with van der Waals surface area (Å²) in [4.78, 5) is 17.8. The molecule has 21 heavy (non-hydrogen) atoms. The molecule has 0 bridgehead atoms. The maximum Gasteiger partial charge on any atom is 0.257 e. The lowest BCUT2D eigenvalue weighted by molar-refractivity contribution is -0.124. The molecule has 0 aromatic heterocycles. The van der Waals surface area contributed by atoms with Gasteiger partial charge in [0.1, 0.15) is 12.9 Å². The van der Waals surface area contributed by atoms with Gasteiger partial charge in [0.25, 0.3) is 5.91 Å². The lowest BCUT2D eigenvalue weighted by Crippen LogP contribution is -2.30. The van der Waals surface area contributed by atoms with E-state index < -0.39 is 0 Å². The number of aliphatic imine (C=N–C) groups is 1. The Labute approximate surface area is 133 Å². The summed E-state index contributed by atoms with van der Waals surface area (Å²) in [7, 11) is 0. The van der Waals surface area contributed by atoms with Gasteiger partial charge in [-0.1, -0.05) is 17.7 Å². The summed E-state index contributed by atoms with van der Waals surface area (Å²) >= 11 is 11.4. The number of allylic oxidation sites excluding steroid dienone is 2. The quantitative estimate of drug-likeness (QED) is 0.488. The van der Waals surface area contributed by atoms with E-state index in [-0.39, 0.29) is 23.4 Å². The van der Waals surface area contributed by atoms with Crippen LogP contribution < -0.4 is 0 Å². The Balaban J connectivity index is 2.93. The third kappa shape index (κ3) is 6.62. The number of hydrogen-bond acceptors (Lipinski definition) is 4. The lowest BCUT2D eigenvalue weighted by atomic mass is 10.2. The molecule has 7 heteroatoms. The lowest BCUT2D eigenvalue weighted by Gasteiger charge is -2.19. The summed E-state index contributed by atoms with van der Waals surface area (Å²) in [5.41, 5.74) is 0.304. The molecule has 0 aromatic rings. The van der Waals surface area contributed by atoms with Gasteiger partial charge in [-0.15, -0.1) is 11.6 Å². The fourth-order valence-electron chi connectivity index (χ4n) is 1.45. The number of rotatable bonds is 4. The van der Waals surface area contributed by atoms with E-state index >= 15 is 0 Å². The Morgan fingerprint density at radius 3 is 3.05 bits per heavy atom. The number of nitrogens with zero attached hydrogens (tertiary/aromatic N) is 2. The first-order valence-electron chi connectivity index (χ1n) is 6.19. The van der Waals surface area contributed by atoms with Crippen LogP contribution in [0.2, 0.25) is 0 Å². The molecular formula is C14H16Cl2N2O3. The van der Waals surface area contributed by atoms with E-state index in [0.717, 1.165) is 0 Å². The smallest absolute Gasteiger partial charge is 0.257 e. The number of carbonyl (C=O) groups excluding carboxylic acids is 1. The van der Waals surface area contributed by atoms with E-state index in [2.05, 4.69) is 4.99 Å². The molecule has 5 nitrogen and oxygen atoms in total. The first-order chi connectivity index (χ1) is 10.2. The third-order valence-electron chi connectivity index (χ3n) is 2.40. The Kier molecular flexibility index (Phi) is 8.50. The van der Waals surface area contributed by atoms with Crippen LogP contribution in [0.25, 0.3) is 0 Å². The molecule has 0 aliphatic carbocycles. The third-order valence-corrected chi connectivity index (χ3v) is 2.78. The normalized spacial score (nSPS) is 21.4. The highest BCUT2D eigenvalue weighted by Gasteiger charge is 2.15. The largest absolute Gasteiger partial charge is 0.498 e. The highest BCUT2D eigenvalue weighted by atomic mass is 35.5. The van der Waals surface area contributed by atoms with Gasteiger partial charge in [0.2, 0.25) is 0 Å². The zero-order valence-corrected chi connectivity index (χ0v) is 12.8. The highest BCUT2D eigenvalue weighted by molar-refractivity contribution is 6.30. The number of hydrogen-bond donors (Lipinski definition) is 1. The van der Waals surface area contributed by atoms with E-state index in [0.29, 0.717) is 18.7 Å². The standard InChI is InChI=1S/C14H16Cl2N2O3/c15-3-2-12(10-13(16)11-19)14(20)18-6-1-4-17-5-8-21-9-7-18/h1-2,4-6,8,10,19H,3,7,9,11H2/b6-1+,8-5+,12-2+,13-10+,17-4-. The molecule has 1 aliphatic rings. The number of carbonyl (C=O) groups is 1. The highest BCUT2D eigenvalue weighted by Crippen LogP contribution is 2.11. The van der Waals surface area contributed by atoms with Crippen molar-refractivity contribution in [3.63, 3.8) is 0 Å². The van der Waals surface area contributed by atoms with Gasteiger partial charge in [-0.3, -0.25) is 9.79 Å². The predicted octanol–water partition coefficient (Wildman–Crippen LogP) is 2.18. The summed E-state index contributed by atoms with van der Waals surface area (Å²) in [5.74, 6) is -0.133. The monoisotopic (exact) mass is 330 g/mol. The van der Waals surface area contributed by atoms with E-state index in [9.17, 15) is 4.79 Å². The fourth-order valence-corrected chi connectivity index (χ4v) is 1.74. The SMILES string of the molecule is O=C(C(/C=C(/Cl)CO)=C/CCl)N1/C=C/C=N\C=C\OCC1. The van der Waals surface area contributed by atoms with Crippen LogP contribution in [-0.2, 0) is 9.53 Å². The van der Waals surface area contributed by atoms with Crippen molar-refractivity contribution >= 4 is 35.3 Å². The zero-order chi connectivity index (χ0) is 15.5. The molecule has 1 N–H and O–H groups in total. The van der Waals surface area contributed by atoms with Crippen molar-refractivity contribution in [1.29, 1.82) is 0 Å². The Morgan fingerprint density at radius 2 is 2.33 bits per heavy atom. The maximum absolute atomic E-state index is 12.4. The van der Waals surface area contributed by atoms with E-state index in [1.54, 1.807) is 12.3 Å². The van der Waals surface area contributed by atoms with Gasteiger partial charge in [-0.2, -0.15) is 0 Å². The average Bonchev–Trinajstić information content (AvgIpc) is 2.51. The second-order valence-electron chi connectivity index (χ2n) is 3.86. The predicted molar refractivity (Wildman–Crippen MR) is 84.3 cm³/mol. The van der Waals surface area contributed by atoms with Gasteiger partial charge in [-0.25, -0.2) is 0 Å². The molecule has 0 saturated carbocycles. The number of ether oxygens (including phenoxy) is 1. The number of alkyl halides is 1. The Hall–Kier alpha value is -1.56. The van der Waals surface area contributed by atoms with Crippen molar-refractivity contribution in [2.75, 3.05) is 25.6 Å². The van der Waals surface area contributed by atoms with Crippen molar-refractivity contribution in [2.45, 2.75) is 0 Å². The van der Waals surface area contributed by atoms with Crippen LogP contribution in [0, 0.1) is 0 Å². The van der Waals surface area contributed by atoms with Gasteiger partial charge in [0.05, 0.1) is 19.4 Å². The van der Waals surface area contributed by atoms with E-state index in [4.69, 9.17) is 33.0 Å². The van der Waals surface area contributed by atoms with Crippen molar-refractivity contribution in [1.82, 2.24) is 4.90 Å². The molecule has 0 spiro atoms. The number of aliphatic hydroxyl groups excluding tert-OH is 1. The maximum atomic E-state index is 12.4. The molecule has 0 unspecified atom stereocenters. The first-order valence-corrected chi connectivity index (χ1v) is 7.11. The minimum Gasteiger partial charge on any atom is -0.498 e. The molecule has 114 valence electrons. The molecule has 1 rings (SSSR count).